The van der Waals surface area contributed by atoms with Gasteiger partial charge in [0.2, 0.25) is 0 Å². The smallest absolute Gasteiger partial charge is 0.0951 e. The number of aryl methyl sites for hydroxylation is 1. The van der Waals surface area contributed by atoms with Gasteiger partial charge in [0.25, 0.3) is 0 Å². The van der Waals surface area contributed by atoms with Gasteiger partial charge in [-0.1, -0.05) is 9.24 Å². The van der Waals surface area contributed by atoms with Crippen molar-refractivity contribution in [2.45, 2.75) is 0 Å². The largest absolute Gasteiger partial charge is 0.340 e. The molecule has 1 rings (SSSR count). The average Bonchev–Trinajstić information content (AvgIpc) is 1.87. The maximum absolute atomic E-state index is 3.94. The lowest BCUT2D eigenvalue weighted by atomic mass is 10.9. The van der Waals surface area contributed by atoms with Crippen LogP contribution in [0, 0.1) is 0 Å². The van der Waals surface area contributed by atoms with Crippen molar-refractivity contribution in [1.29, 1.82) is 0 Å². The van der Waals surface area contributed by atoms with Crippen LogP contribution in [-0.2, 0) is 7.05 Å². The second-order valence-corrected chi connectivity index (χ2v) is 2.06. The van der Waals surface area contributed by atoms with E-state index in [0.29, 0.717) is 0 Å². The molecule has 1 heterocycles. The van der Waals surface area contributed by atoms with Crippen LogP contribution < -0.4 is 5.44 Å². The minimum atomic E-state index is 0.988. The SMILES string of the molecule is Cn1cnc(P)c1. The molecule has 1 unspecified atom stereocenters. The molecule has 7 heavy (non-hydrogen) atoms. The number of rotatable bonds is 0. The summed E-state index contributed by atoms with van der Waals surface area (Å²) in [6.07, 6.45) is 3.70. The first-order chi connectivity index (χ1) is 3.29. The van der Waals surface area contributed by atoms with Crippen LogP contribution in [0.5, 0.6) is 0 Å². The summed E-state index contributed by atoms with van der Waals surface area (Å²) >= 11 is 0. The summed E-state index contributed by atoms with van der Waals surface area (Å²) in [5.41, 5.74) is 0.988. The Kier molecular flexibility index (Phi) is 1.11. The molecular weight excluding hydrogens is 107 g/mol. The summed E-state index contributed by atoms with van der Waals surface area (Å²) in [6.45, 7) is 0. The van der Waals surface area contributed by atoms with Gasteiger partial charge in [0.05, 0.1) is 11.8 Å². The zero-order valence-electron chi connectivity index (χ0n) is 4.13. The molecule has 0 aromatic carbocycles. The van der Waals surface area contributed by atoms with Gasteiger partial charge in [0, 0.05) is 13.2 Å². The summed E-state index contributed by atoms with van der Waals surface area (Å²) < 4.78 is 1.91. The molecule has 0 aliphatic carbocycles. The van der Waals surface area contributed by atoms with Crippen molar-refractivity contribution < 1.29 is 0 Å². The minimum absolute atomic E-state index is 0.988. The molecule has 38 valence electrons. The molecule has 0 spiro atoms. The monoisotopic (exact) mass is 114 g/mol. The molecule has 2 nitrogen and oxygen atoms in total. The zero-order valence-corrected chi connectivity index (χ0v) is 5.28. The molecule has 1 atom stereocenters. The summed E-state index contributed by atoms with van der Waals surface area (Å²) in [5.74, 6) is 0. The highest BCUT2D eigenvalue weighted by Gasteiger charge is 1.81. The van der Waals surface area contributed by atoms with Crippen molar-refractivity contribution in [3.8, 4) is 0 Å². The Hall–Kier alpha value is -0.360. The van der Waals surface area contributed by atoms with Crippen molar-refractivity contribution in [1.82, 2.24) is 9.55 Å². The topological polar surface area (TPSA) is 17.8 Å². The van der Waals surface area contributed by atoms with Crippen LogP contribution in [0.15, 0.2) is 12.5 Å². The molecule has 0 radical (unpaired) electrons. The highest BCUT2D eigenvalue weighted by Crippen LogP contribution is 1.81. The van der Waals surface area contributed by atoms with Crippen LogP contribution in [0.25, 0.3) is 0 Å². The van der Waals surface area contributed by atoms with Gasteiger partial charge in [0.15, 0.2) is 0 Å². The van der Waals surface area contributed by atoms with Gasteiger partial charge in [-0.25, -0.2) is 4.98 Å². The molecule has 1 aromatic heterocycles. The molecule has 0 saturated carbocycles. The van der Waals surface area contributed by atoms with Crippen LogP contribution in [-0.4, -0.2) is 9.55 Å². The Morgan fingerprint density at radius 1 is 1.86 bits per heavy atom. The van der Waals surface area contributed by atoms with E-state index in [0.717, 1.165) is 5.44 Å². The Balaban J connectivity index is 3.04. The van der Waals surface area contributed by atoms with E-state index in [9.17, 15) is 0 Å². The van der Waals surface area contributed by atoms with Gasteiger partial charge in [-0.2, -0.15) is 0 Å². The van der Waals surface area contributed by atoms with E-state index in [2.05, 4.69) is 14.2 Å². The van der Waals surface area contributed by atoms with E-state index in [1.165, 1.54) is 0 Å². The van der Waals surface area contributed by atoms with Gasteiger partial charge in [-0.15, -0.1) is 0 Å². The molecule has 0 saturated heterocycles. The van der Waals surface area contributed by atoms with Gasteiger partial charge < -0.3 is 4.57 Å². The van der Waals surface area contributed by atoms with Crippen LogP contribution in [0.1, 0.15) is 0 Å². The Bertz CT molecular complexity index is 142. The van der Waals surface area contributed by atoms with Crippen molar-refractivity contribution in [2.24, 2.45) is 7.05 Å². The lowest BCUT2D eigenvalue weighted by Crippen LogP contribution is -1.86. The minimum Gasteiger partial charge on any atom is -0.340 e. The maximum atomic E-state index is 3.94. The van der Waals surface area contributed by atoms with Crippen LogP contribution in [0.4, 0.5) is 0 Å². The average molecular weight is 114 g/mol. The molecule has 0 N–H and O–H groups in total. The van der Waals surface area contributed by atoms with E-state index >= 15 is 0 Å². The van der Waals surface area contributed by atoms with Gasteiger partial charge in [-0.3, -0.25) is 0 Å². The van der Waals surface area contributed by atoms with E-state index in [1.54, 1.807) is 6.33 Å². The first-order valence-electron chi connectivity index (χ1n) is 2.02. The third kappa shape index (κ3) is 1.00. The van der Waals surface area contributed by atoms with Crippen molar-refractivity contribution in [2.75, 3.05) is 0 Å². The Labute approximate surface area is 44.8 Å². The molecule has 3 heteroatoms. The Morgan fingerprint density at radius 3 is 2.71 bits per heavy atom. The fourth-order valence-corrected chi connectivity index (χ4v) is 0.735. The number of aromatic nitrogens is 2. The molecule has 0 aliphatic rings. The second kappa shape index (κ2) is 1.63. The third-order valence-corrected chi connectivity index (χ3v) is 1.02. The van der Waals surface area contributed by atoms with E-state index < -0.39 is 0 Å². The summed E-state index contributed by atoms with van der Waals surface area (Å²) in [5, 5.41) is 0. The second-order valence-electron chi connectivity index (χ2n) is 1.46. The molecular formula is C4H7N2P. The normalized spacial score (nSPS) is 9.43. The highest BCUT2D eigenvalue weighted by atomic mass is 31.0. The van der Waals surface area contributed by atoms with E-state index in [4.69, 9.17) is 0 Å². The Morgan fingerprint density at radius 2 is 2.57 bits per heavy atom. The van der Waals surface area contributed by atoms with Crippen LogP contribution >= 0.6 is 9.24 Å². The predicted octanol–water partition coefficient (Wildman–Crippen LogP) is -0.0795. The quantitative estimate of drug-likeness (QED) is 0.431. The van der Waals surface area contributed by atoms with Gasteiger partial charge in [-0.05, 0) is 0 Å². The lowest BCUT2D eigenvalue weighted by Gasteiger charge is -1.78. The maximum Gasteiger partial charge on any atom is 0.0951 e. The third-order valence-electron chi connectivity index (χ3n) is 0.725. The lowest BCUT2D eigenvalue weighted by molar-refractivity contribution is 0.914. The number of hydrogen-bond acceptors (Lipinski definition) is 1. The fourth-order valence-electron chi connectivity index (χ4n) is 0.433. The fraction of sp³-hybridized carbons (Fsp3) is 0.250. The molecule has 0 bridgehead atoms. The van der Waals surface area contributed by atoms with Crippen LogP contribution in [0.3, 0.4) is 0 Å². The number of hydrogen-bond donors (Lipinski definition) is 0. The van der Waals surface area contributed by atoms with Gasteiger partial charge in [0.1, 0.15) is 0 Å². The summed E-state index contributed by atoms with van der Waals surface area (Å²) in [7, 11) is 4.46. The van der Waals surface area contributed by atoms with Gasteiger partial charge >= 0.3 is 0 Å². The highest BCUT2D eigenvalue weighted by molar-refractivity contribution is 7.26. The predicted molar refractivity (Wildman–Crippen MR) is 32.6 cm³/mol. The van der Waals surface area contributed by atoms with E-state index in [1.807, 2.05) is 17.8 Å². The van der Waals surface area contributed by atoms with E-state index in [-0.39, 0.29) is 0 Å². The first kappa shape index (κ1) is 4.79. The molecule has 1 aromatic rings. The van der Waals surface area contributed by atoms with Crippen molar-refractivity contribution >= 4 is 14.7 Å². The standard InChI is InChI=1S/C4H7N2P/c1-6-2-4(7)5-3-6/h2-3H,7H2,1H3. The summed E-state index contributed by atoms with van der Waals surface area (Å²) in [4.78, 5) is 3.94. The first-order valence-corrected chi connectivity index (χ1v) is 2.60. The number of imidazole rings is 1. The number of nitrogens with zero attached hydrogens (tertiary/aromatic N) is 2. The van der Waals surface area contributed by atoms with Crippen LogP contribution in [0.2, 0.25) is 0 Å². The molecule has 0 amide bonds. The molecule has 0 aliphatic heterocycles. The van der Waals surface area contributed by atoms with Crippen molar-refractivity contribution in [3.05, 3.63) is 12.5 Å². The van der Waals surface area contributed by atoms with Crippen molar-refractivity contribution in [3.63, 3.8) is 0 Å². The molecule has 0 fully saturated rings. The summed E-state index contributed by atoms with van der Waals surface area (Å²) in [6, 6.07) is 0. The zero-order chi connectivity index (χ0) is 5.28.